The zero-order valence-electron chi connectivity index (χ0n) is 15.0. The molecule has 3 heterocycles. The highest BCUT2D eigenvalue weighted by molar-refractivity contribution is 5.70. The van der Waals surface area contributed by atoms with Crippen molar-refractivity contribution in [3.63, 3.8) is 0 Å². The maximum Gasteiger partial charge on any atom is 0.309 e. The first kappa shape index (κ1) is 18.0. The summed E-state index contributed by atoms with van der Waals surface area (Å²) in [6.45, 7) is 7.85. The van der Waals surface area contributed by atoms with Gasteiger partial charge in [-0.15, -0.1) is 0 Å². The van der Waals surface area contributed by atoms with E-state index < -0.39 is 5.97 Å². The quantitative estimate of drug-likeness (QED) is 0.792. The molecule has 0 spiro atoms. The molecule has 0 bridgehead atoms. The molecule has 3 rings (SSSR count). The fraction of sp³-hybridized carbons (Fsp3) is 0.706. The first-order valence-electron chi connectivity index (χ1n) is 8.78. The largest absolute Gasteiger partial charge is 0.481 e. The summed E-state index contributed by atoms with van der Waals surface area (Å²) in [6, 6.07) is 0.278. The van der Waals surface area contributed by atoms with Crippen LogP contribution in [-0.4, -0.2) is 96.4 Å². The highest BCUT2D eigenvalue weighted by atomic mass is 16.5. The number of carboxylic acids is 1. The molecule has 138 valence electrons. The van der Waals surface area contributed by atoms with E-state index in [1.165, 1.54) is 0 Å². The molecule has 0 aromatic carbocycles. The van der Waals surface area contributed by atoms with Gasteiger partial charge in [0.25, 0.3) is 0 Å². The molecule has 25 heavy (non-hydrogen) atoms. The van der Waals surface area contributed by atoms with Crippen LogP contribution in [0.25, 0.3) is 0 Å². The molecule has 2 aliphatic heterocycles. The third kappa shape index (κ3) is 4.45. The second-order valence-corrected chi connectivity index (χ2v) is 6.94. The number of aryl methyl sites for hydroxylation is 1. The van der Waals surface area contributed by atoms with E-state index in [1.54, 1.807) is 7.11 Å². The Kier molecular flexibility index (Phi) is 5.82. The van der Waals surface area contributed by atoms with Crippen LogP contribution in [0.5, 0.6) is 0 Å². The molecule has 1 aromatic heterocycles. The summed E-state index contributed by atoms with van der Waals surface area (Å²) in [5, 5.41) is 9.54. The van der Waals surface area contributed by atoms with E-state index >= 15 is 0 Å². The average Bonchev–Trinajstić information content (AvgIpc) is 2.79. The number of rotatable bonds is 5. The number of aromatic nitrogens is 2. The maximum absolute atomic E-state index is 11.6. The maximum atomic E-state index is 11.6. The van der Waals surface area contributed by atoms with Crippen molar-refractivity contribution >= 4 is 11.9 Å². The number of carbonyl (C=O) groups is 1. The molecule has 0 saturated carbocycles. The SMILES string of the molecule is COCCN1C[C@@H](C(=O)O)CN2CCN(c3ncc(C)cn3)C[C@@H]2C1. The molecule has 8 nitrogen and oxygen atoms in total. The van der Waals surface area contributed by atoms with Gasteiger partial charge >= 0.3 is 5.97 Å². The number of piperazine rings is 1. The lowest BCUT2D eigenvalue weighted by molar-refractivity contribution is -0.142. The molecule has 1 N–H and O–H groups in total. The number of hydrogen-bond acceptors (Lipinski definition) is 7. The minimum atomic E-state index is -0.715. The number of carboxylic acid groups (broad SMARTS) is 1. The molecule has 8 heteroatoms. The number of nitrogens with zero attached hydrogens (tertiary/aromatic N) is 5. The highest BCUT2D eigenvalue weighted by Crippen LogP contribution is 2.21. The van der Waals surface area contributed by atoms with Crippen LogP contribution in [0, 0.1) is 12.8 Å². The summed E-state index contributed by atoms with van der Waals surface area (Å²) >= 11 is 0. The fourth-order valence-corrected chi connectivity index (χ4v) is 3.62. The molecule has 0 radical (unpaired) electrons. The molecule has 0 unspecified atom stereocenters. The lowest BCUT2D eigenvalue weighted by Crippen LogP contribution is -2.56. The Morgan fingerprint density at radius 3 is 2.68 bits per heavy atom. The lowest BCUT2D eigenvalue weighted by atomic mass is 10.1. The first-order valence-corrected chi connectivity index (χ1v) is 8.78. The van der Waals surface area contributed by atoms with Gasteiger partial charge in [0.15, 0.2) is 0 Å². The van der Waals surface area contributed by atoms with Gasteiger partial charge in [-0.25, -0.2) is 9.97 Å². The second kappa shape index (κ2) is 8.07. The predicted molar refractivity (Wildman–Crippen MR) is 93.8 cm³/mol. The summed E-state index contributed by atoms with van der Waals surface area (Å²) in [5.74, 6) is -0.316. The van der Waals surface area contributed by atoms with Crippen molar-refractivity contribution in [2.24, 2.45) is 5.92 Å². The van der Waals surface area contributed by atoms with Gasteiger partial charge in [-0.3, -0.25) is 14.6 Å². The van der Waals surface area contributed by atoms with Crippen molar-refractivity contribution in [3.8, 4) is 0 Å². The standard InChI is InChI=1S/C17H27N5O3/c1-13-7-18-17(19-8-13)22-4-3-21-10-14(16(23)24)9-20(5-6-25-2)11-15(21)12-22/h7-8,14-15H,3-6,9-12H2,1-2H3,(H,23,24)/t14-,15+/m1/s1. The Labute approximate surface area is 148 Å². The molecular weight excluding hydrogens is 322 g/mol. The van der Waals surface area contributed by atoms with Crippen molar-refractivity contribution in [2.75, 3.05) is 64.4 Å². The summed E-state index contributed by atoms with van der Waals surface area (Å²) < 4.78 is 5.19. The van der Waals surface area contributed by atoms with E-state index in [-0.39, 0.29) is 12.0 Å². The van der Waals surface area contributed by atoms with Crippen LogP contribution in [0.2, 0.25) is 0 Å². The Morgan fingerprint density at radius 2 is 2.00 bits per heavy atom. The van der Waals surface area contributed by atoms with Crippen molar-refractivity contribution in [1.82, 2.24) is 19.8 Å². The Balaban J connectivity index is 1.72. The van der Waals surface area contributed by atoms with Crippen LogP contribution < -0.4 is 4.90 Å². The summed E-state index contributed by atoms with van der Waals surface area (Å²) in [7, 11) is 1.68. The molecule has 0 amide bonds. The van der Waals surface area contributed by atoms with E-state index in [0.29, 0.717) is 19.7 Å². The van der Waals surface area contributed by atoms with E-state index in [4.69, 9.17) is 4.74 Å². The van der Waals surface area contributed by atoms with E-state index in [9.17, 15) is 9.90 Å². The third-order valence-corrected chi connectivity index (χ3v) is 5.02. The van der Waals surface area contributed by atoms with Gasteiger partial charge in [0, 0.05) is 71.4 Å². The molecule has 2 atom stereocenters. The summed E-state index contributed by atoms with van der Waals surface area (Å²) in [4.78, 5) is 27.2. The highest BCUT2D eigenvalue weighted by Gasteiger charge is 2.36. The van der Waals surface area contributed by atoms with Crippen LogP contribution in [0.4, 0.5) is 5.95 Å². The fourth-order valence-electron chi connectivity index (χ4n) is 3.62. The summed E-state index contributed by atoms with van der Waals surface area (Å²) in [5.41, 5.74) is 1.05. The Bertz CT molecular complexity index is 582. The summed E-state index contributed by atoms with van der Waals surface area (Å²) in [6.07, 6.45) is 3.68. The minimum Gasteiger partial charge on any atom is -0.481 e. The van der Waals surface area contributed by atoms with E-state index in [0.717, 1.165) is 44.2 Å². The van der Waals surface area contributed by atoms with Gasteiger partial charge in [0.05, 0.1) is 12.5 Å². The molecule has 2 fully saturated rings. The topological polar surface area (TPSA) is 82.0 Å². The molecule has 0 aliphatic carbocycles. The van der Waals surface area contributed by atoms with Crippen LogP contribution in [0.3, 0.4) is 0 Å². The van der Waals surface area contributed by atoms with Crippen LogP contribution >= 0.6 is 0 Å². The smallest absolute Gasteiger partial charge is 0.309 e. The van der Waals surface area contributed by atoms with Crippen molar-refractivity contribution in [3.05, 3.63) is 18.0 Å². The van der Waals surface area contributed by atoms with Crippen molar-refractivity contribution < 1.29 is 14.6 Å². The minimum absolute atomic E-state index is 0.278. The second-order valence-electron chi connectivity index (χ2n) is 6.94. The zero-order valence-corrected chi connectivity index (χ0v) is 15.0. The average molecular weight is 349 g/mol. The van der Waals surface area contributed by atoms with E-state index in [1.807, 2.05) is 19.3 Å². The molecular formula is C17H27N5O3. The van der Waals surface area contributed by atoms with Gasteiger partial charge in [-0.2, -0.15) is 0 Å². The third-order valence-electron chi connectivity index (χ3n) is 5.02. The number of methoxy groups -OCH3 is 1. The van der Waals surface area contributed by atoms with Crippen molar-refractivity contribution in [1.29, 1.82) is 0 Å². The number of aliphatic carboxylic acids is 1. The van der Waals surface area contributed by atoms with Crippen molar-refractivity contribution in [2.45, 2.75) is 13.0 Å². The van der Waals surface area contributed by atoms with Gasteiger partial charge in [-0.1, -0.05) is 0 Å². The zero-order chi connectivity index (χ0) is 17.8. The number of anilines is 1. The van der Waals surface area contributed by atoms with E-state index in [2.05, 4.69) is 24.7 Å². The number of fused-ring (bicyclic) bond motifs is 1. The predicted octanol–water partition coefficient (Wildman–Crippen LogP) is -0.0616. The van der Waals surface area contributed by atoms with Gasteiger partial charge in [-0.05, 0) is 12.5 Å². The lowest BCUT2D eigenvalue weighted by Gasteiger charge is -2.41. The molecule has 2 saturated heterocycles. The molecule has 2 aliphatic rings. The normalized spacial score (nSPS) is 25.4. The number of hydrogen-bond donors (Lipinski definition) is 1. The molecule has 1 aromatic rings. The first-order chi connectivity index (χ1) is 12.1. The van der Waals surface area contributed by atoms with Crippen LogP contribution in [-0.2, 0) is 9.53 Å². The van der Waals surface area contributed by atoms with Gasteiger partial charge in [0.1, 0.15) is 0 Å². The van der Waals surface area contributed by atoms with Gasteiger partial charge in [0.2, 0.25) is 5.95 Å². The van der Waals surface area contributed by atoms with Gasteiger partial charge < -0.3 is 14.7 Å². The van der Waals surface area contributed by atoms with Crippen LogP contribution in [0.1, 0.15) is 5.56 Å². The Morgan fingerprint density at radius 1 is 1.24 bits per heavy atom. The number of ether oxygens (including phenoxy) is 1. The monoisotopic (exact) mass is 349 g/mol. The van der Waals surface area contributed by atoms with Crippen LogP contribution in [0.15, 0.2) is 12.4 Å². The Hall–Kier alpha value is -1.77.